The largest absolute Gasteiger partial charge is 0.454 e. The molecule has 25 heavy (non-hydrogen) atoms. The Hall–Kier alpha value is -1.05. The van der Waals surface area contributed by atoms with Crippen LogP contribution in [0, 0.1) is 0 Å². The van der Waals surface area contributed by atoms with E-state index in [0.29, 0.717) is 6.42 Å². The first-order valence-corrected chi connectivity index (χ1v) is 10.9. The molecule has 0 aliphatic heterocycles. The van der Waals surface area contributed by atoms with E-state index in [4.69, 9.17) is 4.74 Å². The number of hydrogen-bond donors (Lipinski definition) is 0. The van der Waals surface area contributed by atoms with Gasteiger partial charge >= 0.3 is 5.97 Å². The molecular weight excluding hydrogens is 308 g/mol. The lowest BCUT2D eigenvalue weighted by atomic mass is 10.0. The van der Waals surface area contributed by atoms with Crippen molar-refractivity contribution >= 4 is 5.97 Å². The van der Waals surface area contributed by atoms with E-state index >= 15 is 0 Å². The topological polar surface area (TPSA) is 26.3 Å². The summed E-state index contributed by atoms with van der Waals surface area (Å²) in [5, 5.41) is 0. The summed E-state index contributed by atoms with van der Waals surface area (Å²) in [6, 6.07) is 0. The summed E-state index contributed by atoms with van der Waals surface area (Å²) in [4.78, 5) is 11.6. The van der Waals surface area contributed by atoms with Crippen LogP contribution in [0.15, 0.2) is 24.3 Å². The number of carbonyl (C=O) groups is 1. The highest BCUT2D eigenvalue weighted by atomic mass is 16.5. The van der Waals surface area contributed by atoms with Crippen LogP contribution in [0.4, 0.5) is 0 Å². The predicted molar refractivity (Wildman–Crippen MR) is 108 cm³/mol. The van der Waals surface area contributed by atoms with Crippen LogP contribution in [-0.2, 0) is 9.53 Å². The fraction of sp³-hybridized carbons (Fsp3) is 0.783. The number of ether oxygens (including phenoxy) is 1. The Morgan fingerprint density at radius 2 is 1.08 bits per heavy atom. The Morgan fingerprint density at radius 1 is 0.680 bits per heavy atom. The fourth-order valence-electron chi connectivity index (χ4n) is 3.34. The predicted octanol–water partition coefficient (Wildman–Crippen LogP) is 7.29. The van der Waals surface area contributed by atoms with Crippen LogP contribution in [-0.4, -0.2) is 12.1 Å². The Bertz CT molecular complexity index is 358. The van der Waals surface area contributed by atoms with Gasteiger partial charge < -0.3 is 4.74 Å². The molecule has 0 saturated heterocycles. The monoisotopic (exact) mass is 348 g/mol. The van der Waals surface area contributed by atoms with E-state index in [0.717, 1.165) is 12.8 Å². The molecule has 144 valence electrons. The van der Waals surface area contributed by atoms with Gasteiger partial charge in [-0.15, -0.1) is 0 Å². The molecule has 0 spiro atoms. The van der Waals surface area contributed by atoms with Crippen molar-refractivity contribution in [1.29, 1.82) is 0 Å². The van der Waals surface area contributed by atoms with Crippen LogP contribution in [0.2, 0.25) is 0 Å². The molecule has 0 saturated carbocycles. The molecule has 0 radical (unpaired) electrons. The van der Waals surface area contributed by atoms with E-state index in [1.807, 2.05) is 24.3 Å². The van der Waals surface area contributed by atoms with E-state index in [1.54, 1.807) is 0 Å². The standard InChI is InChI=1S/C23H40O2/c1-2-3-4-5-6-7-8-9-10-11-12-13-14-15-16-21-23(24)25-22-19-17-18-20-22/h17-20,22H,2-16,21H2,1H3. The highest BCUT2D eigenvalue weighted by molar-refractivity contribution is 5.70. The maximum absolute atomic E-state index is 11.6. The SMILES string of the molecule is CCCCCCCCCCCCCCCCCC(=O)OC1C=CC=C1. The minimum absolute atomic E-state index is 0.0594. The van der Waals surface area contributed by atoms with Gasteiger partial charge in [-0.1, -0.05) is 109 Å². The highest BCUT2D eigenvalue weighted by Crippen LogP contribution is 2.14. The van der Waals surface area contributed by atoms with Gasteiger partial charge in [0.1, 0.15) is 6.10 Å². The van der Waals surface area contributed by atoms with E-state index in [9.17, 15) is 4.79 Å². The maximum atomic E-state index is 11.6. The van der Waals surface area contributed by atoms with Crippen LogP contribution in [0.1, 0.15) is 110 Å². The third kappa shape index (κ3) is 13.9. The van der Waals surface area contributed by atoms with Gasteiger partial charge in [-0.3, -0.25) is 4.79 Å². The van der Waals surface area contributed by atoms with Crippen molar-refractivity contribution in [3.05, 3.63) is 24.3 Å². The number of unbranched alkanes of at least 4 members (excludes halogenated alkanes) is 14. The normalized spacial score (nSPS) is 13.6. The van der Waals surface area contributed by atoms with Gasteiger partial charge in [-0.2, -0.15) is 0 Å². The summed E-state index contributed by atoms with van der Waals surface area (Å²) in [5.74, 6) is -0.0594. The first-order valence-electron chi connectivity index (χ1n) is 10.9. The quantitative estimate of drug-likeness (QED) is 0.204. The number of esters is 1. The maximum Gasteiger partial charge on any atom is 0.306 e. The first kappa shape index (κ1) is 22.0. The molecular formula is C23H40O2. The molecule has 0 atom stereocenters. The van der Waals surface area contributed by atoms with Crippen molar-refractivity contribution < 1.29 is 9.53 Å². The summed E-state index contributed by atoms with van der Waals surface area (Å²) in [5.41, 5.74) is 0. The average molecular weight is 349 g/mol. The van der Waals surface area contributed by atoms with Crippen molar-refractivity contribution in [3.63, 3.8) is 0 Å². The smallest absolute Gasteiger partial charge is 0.306 e. The molecule has 0 heterocycles. The van der Waals surface area contributed by atoms with E-state index < -0.39 is 0 Å². The van der Waals surface area contributed by atoms with Crippen molar-refractivity contribution in [3.8, 4) is 0 Å². The molecule has 0 amide bonds. The fourth-order valence-corrected chi connectivity index (χ4v) is 3.34. The molecule has 0 aromatic rings. The Labute approximate surface area is 156 Å². The molecule has 0 N–H and O–H groups in total. The van der Waals surface area contributed by atoms with Crippen LogP contribution in [0.25, 0.3) is 0 Å². The third-order valence-electron chi connectivity index (χ3n) is 4.96. The van der Waals surface area contributed by atoms with Gasteiger partial charge in [0.05, 0.1) is 0 Å². The Morgan fingerprint density at radius 3 is 1.52 bits per heavy atom. The second-order valence-corrected chi connectivity index (χ2v) is 7.42. The minimum Gasteiger partial charge on any atom is -0.454 e. The zero-order chi connectivity index (χ0) is 18.0. The molecule has 1 rings (SSSR count). The van der Waals surface area contributed by atoms with Gasteiger partial charge in [0.15, 0.2) is 0 Å². The number of rotatable bonds is 17. The van der Waals surface area contributed by atoms with E-state index in [1.165, 1.54) is 83.5 Å². The van der Waals surface area contributed by atoms with Crippen LogP contribution in [0.5, 0.6) is 0 Å². The molecule has 0 fully saturated rings. The molecule has 1 aliphatic rings. The molecule has 0 bridgehead atoms. The second kappa shape index (κ2) is 16.4. The Kier molecular flexibility index (Phi) is 14.4. The molecule has 1 aliphatic carbocycles. The number of hydrogen-bond acceptors (Lipinski definition) is 2. The third-order valence-corrected chi connectivity index (χ3v) is 4.96. The highest BCUT2D eigenvalue weighted by Gasteiger charge is 2.09. The summed E-state index contributed by atoms with van der Waals surface area (Å²) in [7, 11) is 0. The summed E-state index contributed by atoms with van der Waals surface area (Å²) < 4.78 is 5.32. The van der Waals surface area contributed by atoms with Crippen molar-refractivity contribution in [2.45, 2.75) is 116 Å². The molecule has 0 aromatic heterocycles. The molecule has 2 nitrogen and oxygen atoms in total. The van der Waals surface area contributed by atoms with E-state index in [2.05, 4.69) is 6.92 Å². The first-order chi connectivity index (χ1) is 12.3. The summed E-state index contributed by atoms with van der Waals surface area (Å²) >= 11 is 0. The average Bonchev–Trinajstić information content (AvgIpc) is 3.11. The number of carbonyl (C=O) groups excluding carboxylic acids is 1. The van der Waals surface area contributed by atoms with E-state index in [-0.39, 0.29) is 12.1 Å². The van der Waals surface area contributed by atoms with Crippen LogP contribution in [0.3, 0.4) is 0 Å². The van der Waals surface area contributed by atoms with Crippen LogP contribution < -0.4 is 0 Å². The van der Waals surface area contributed by atoms with Gasteiger partial charge in [0.2, 0.25) is 0 Å². The zero-order valence-corrected chi connectivity index (χ0v) is 16.5. The lowest BCUT2D eigenvalue weighted by molar-refractivity contribution is -0.145. The second-order valence-electron chi connectivity index (χ2n) is 7.42. The number of allylic oxidation sites excluding steroid dienone is 2. The summed E-state index contributed by atoms with van der Waals surface area (Å²) in [6.07, 6.45) is 28.3. The lowest BCUT2D eigenvalue weighted by Crippen LogP contribution is -2.12. The zero-order valence-electron chi connectivity index (χ0n) is 16.5. The van der Waals surface area contributed by atoms with Gasteiger partial charge in [0.25, 0.3) is 0 Å². The minimum atomic E-state index is -0.121. The van der Waals surface area contributed by atoms with Crippen molar-refractivity contribution in [2.75, 3.05) is 0 Å². The molecule has 0 unspecified atom stereocenters. The molecule has 0 aromatic carbocycles. The Balaban J connectivity index is 1.72. The summed E-state index contributed by atoms with van der Waals surface area (Å²) in [6.45, 7) is 2.28. The van der Waals surface area contributed by atoms with Crippen molar-refractivity contribution in [1.82, 2.24) is 0 Å². The molecule has 2 heteroatoms. The lowest BCUT2D eigenvalue weighted by Gasteiger charge is -2.08. The van der Waals surface area contributed by atoms with Gasteiger partial charge in [-0.05, 0) is 18.6 Å². The van der Waals surface area contributed by atoms with Gasteiger partial charge in [-0.25, -0.2) is 0 Å². The van der Waals surface area contributed by atoms with Gasteiger partial charge in [0, 0.05) is 6.42 Å². The van der Waals surface area contributed by atoms with Crippen molar-refractivity contribution in [2.24, 2.45) is 0 Å². The van der Waals surface area contributed by atoms with Crippen LogP contribution >= 0.6 is 0 Å².